The molecule has 0 N–H and O–H groups in total. The Morgan fingerprint density at radius 3 is 2.23 bits per heavy atom. The molecule has 9 heteroatoms. The lowest BCUT2D eigenvalue weighted by Gasteiger charge is -2.33. The van der Waals surface area contributed by atoms with Crippen LogP contribution in [0.25, 0.3) is 0 Å². The third kappa shape index (κ3) is 11.4. The van der Waals surface area contributed by atoms with E-state index in [1.54, 1.807) is 53.4 Å². The molecule has 1 heterocycles. The summed E-state index contributed by atoms with van der Waals surface area (Å²) in [4.78, 5) is 22.9. The number of ether oxygens (including phenoxy) is 1. The molecule has 2 atom stereocenters. The highest BCUT2D eigenvalue weighted by atomic mass is 19.4. The third-order valence-corrected chi connectivity index (χ3v) is 6.99. The molecule has 0 saturated carbocycles. The highest BCUT2D eigenvalue weighted by Crippen LogP contribution is 2.39. The number of halogens is 3. The minimum absolute atomic E-state index is 0.0495. The number of carbonyl (C=O) groups excluding carboxylic acids is 1. The van der Waals surface area contributed by atoms with Crippen LogP contribution in [0.1, 0.15) is 97.9 Å². The van der Waals surface area contributed by atoms with Crippen molar-refractivity contribution in [3.05, 3.63) is 76.2 Å². The Labute approximate surface area is 262 Å². The zero-order chi connectivity index (χ0) is 34.2. The molecule has 6 nitrogen and oxygen atoms in total. The Balaban J connectivity index is 3.69. The second kappa shape index (κ2) is 15.9. The molecular weight excluding hydrogens is 565 g/mol. The second-order valence-corrected chi connectivity index (χ2v) is 12.9. The van der Waals surface area contributed by atoms with E-state index in [0.717, 1.165) is 0 Å². The number of alkyl halides is 3. The summed E-state index contributed by atoms with van der Waals surface area (Å²) in [5, 5.41) is 9.30. The summed E-state index contributed by atoms with van der Waals surface area (Å²) in [6.45, 7) is 26.6. The Morgan fingerprint density at radius 1 is 1.18 bits per heavy atom. The predicted octanol–water partition coefficient (Wildman–Crippen LogP) is 9.44. The number of carbonyl (C=O) groups is 1. The molecule has 242 valence electrons. The first-order valence-electron chi connectivity index (χ1n) is 14.8. The zero-order valence-corrected chi connectivity index (χ0v) is 28.2. The number of allylic oxidation sites excluding steroid dienone is 5. The average Bonchev–Trinajstić information content (AvgIpc) is 2.88. The summed E-state index contributed by atoms with van der Waals surface area (Å²) >= 11 is 0. The number of amides is 1. The van der Waals surface area contributed by atoms with Gasteiger partial charge in [-0.1, -0.05) is 51.2 Å². The molecule has 1 amide bonds. The molecule has 0 saturated heterocycles. The molecule has 0 aliphatic rings. The van der Waals surface area contributed by atoms with E-state index < -0.39 is 29.4 Å². The lowest BCUT2D eigenvalue weighted by molar-refractivity contribution is -0.0892. The highest BCUT2D eigenvalue weighted by molar-refractivity contribution is 6.03. The van der Waals surface area contributed by atoms with E-state index in [-0.39, 0.29) is 35.4 Å². The number of nitriles is 1. The van der Waals surface area contributed by atoms with Crippen molar-refractivity contribution in [2.75, 3.05) is 13.6 Å². The molecular formula is C35H49F3N4O2. The van der Waals surface area contributed by atoms with Crippen LogP contribution in [0.15, 0.2) is 64.4 Å². The van der Waals surface area contributed by atoms with Gasteiger partial charge in [-0.15, -0.1) is 0 Å². The molecule has 0 fully saturated rings. The van der Waals surface area contributed by atoms with E-state index in [0.29, 0.717) is 40.8 Å². The Morgan fingerprint density at radius 2 is 1.77 bits per heavy atom. The fraction of sp³-hybridized carbons (Fsp3) is 0.543. The number of hydrogen-bond acceptors (Lipinski definition) is 5. The first-order valence-corrected chi connectivity index (χ1v) is 14.8. The van der Waals surface area contributed by atoms with Crippen LogP contribution in [0, 0.1) is 24.2 Å². The molecule has 44 heavy (non-hydrogen) atoms. The molecule has 1 aromatic heterocycles. The minimum Gasteiger partial charge on any atom is -0.444 e. The van der Waals surface area contributed by atoms with E-state index in [1.165, 1.54) is 25.4 Å². The monoisotopic (exact) mass is 614 g/mol. The van der Waals surface area contributed by atoms with Crippen molar-refractivity contribution >= 4 is 11.8 Å². The van der Waals surface area contributed by atoms with Crippen molar-refractivity contribution in [1.82, 2.24) is 9.88 Å². The number of aliphatic imine (C=N–C) groups is 1. The van der Waals surface area contributed by atoms with E-state index in [2.05, 4.69) is 23.1 Å². The summed E-state index contributed by atoms with van der Waals surface area (Å²) < 4.78 is 50.3. The van der Waals surface area contributed by atoms with Crippen LogP contribution in [0.4, 0.5) is 18.0 Å². The normalized spacial score (nSPS) is 14.9. The van der Waals surface area contributed by atoms with Gasteiger partial charge in [0.25, 0.3) is 0 Å². The smallest absolute Gasteiger partial charge is 0.416 e. The molecule has 1 unspecified atom stereocenters. The van der Waals surface area contributed by atoms with Crippen molar-refractivity contribution in [1.29, 1.82) is 5.26 Å². The van der Waals surface area contributed by atoms with Gasteiger partial charge in [0.15, 0.2) is 0 Å². The fourth-order valence-electron chi connectivity index (χ4n) is 4.89. The standard InChI is InChI=1S/C35H49F3N4O2/c1-21(2)20-42(33(43)44-34(10,11)12)26(8)14-23(5)15-29(22(3)4)32(27(9)40-13)31(35(36,37)38)16-24(6)30-17-28(18-39)41-19-25(30)7/h16-17,19,21,24,26H,3,5,14-15,20H2,1-2,4,6-13H3/b31-16+,32-29+,40-27-/t24?,26-/m1/s1. The molecule has 0 radical (unpaired) electrons. The summed E-state index contributed by atoms with van der Waals surface area (Å²) in [5.41, 5.74) is 1.51. The van der Waals surface area contributed by atoms with Crippen molar-refractivity contribution in [3.8, 4) is 6.07 Å². The van der Waals surface area contributed by atoms with Gasteiger partial charge in [-0.3, -0.25) is 4.99 Å². The Bertz CT molecular complexity index is 1360. The maximum atomic E-state index is 14.9. The van der Waals surface area contributed by atoms with Crippen molar-refractivity contribution in [2.24, 2.45) is 10.9 Å². The van der Waals surface area contributed by atoms with Crippen LogP contribution in [0.5, 0.6) is 0 Å². The fourth-order valence-corrected chi connectivity index (χ4v) is 4.89. The Kier molecular flexibility index (Phi) is 13.8. The van der Waals surface area contributed by atoms with Gasteiger partial charge in [-0.05, 0) is 90.0 Å². The van der Waals surface area contributed by atoms with Gasteiger partial charge in [0, 0.05) is 43.0 Å². The van der Waals surface area contributed by atoms with Gasteiger partial charge in [-0.25, -0.2) is 9.78 Å². The van der Waals surface area contributed by atoms with Gasteiger partial charge in [0.05, 0.1) is 5.57 Å². The van der Waals surface area contributed by atoms with Gasteiger partial charge >= 0.3 is 12.3 Å². The van der Waals surface area contributed by atoms with Gasteiger partial charge in [0.2, 0.25) is 0 Å². The lowest BCUT2D eigenvalue weighted by Crippen LogP contribution is -2.44. The van der Waals surface area contributed by atoms with E-state index >= 15 is 0 Å². The maximum Gasteiger partial charge on any atom is 0.416 e. The van der Waals surface area contributed by atoms with Crippen LogP contribution >= 0.6 is 0 Å². The summed E-state index contributed by atoms with van der Waals surface area (Å²) in [6, 6.07) is 3.16. The quantitative estimate of drug-likeness (QED) is 0.133. The largest absolute Gasteiger partial charge is 0.444 e. The first-order chi connectivity index (χ1) is 20.1. The molecule has 1 aromatic rings. The number of nitrogens with zero attached hydrogens (tertiary/aromatic N) is 4. The summed E-state index contributed by atoms with van der Waals surface area (Å²) in [6.07, 6.45) is -2.03. The van der Waals surface area contributed by atoms with Gasteiger partial charge in [-0.2, -0.15) is 18.4 Å². The van der Waals surface area contributed by atoms with Gasteiger partial charge < -0.3 is 9.64 Å². The van der Waals surface area contributed by atoms with Crippen LogP contribution in [0.3, 0.4) is 0 Å². The number of aromatic nitrogens is 1. The maximum absolute atomic E-state index is 14.9. The first kappa shape index (κ1) is 38.4. The van der Waals surface area contributed by atoms with Gasteiger partial charge in [0.1, 0.15) is 17.4 Å². The molecule has 0 aromatic carbocycles. The number of rotatable bonds is 12. The highest BCUT2D eigenvalue weighted by Gasteiger charge is 2.39. The number of aryl methyl sites for hydroxylation is 1. The van der Waals surface area contributed by atoms with Crippen molar-refractivity contribution < 1.29 is 22.7 Å². The van der Waals surface area contributed by atoms with E-state index in [4.69, 9.17) is 4.74 Å². The average molecular weight is 615 g/mol. The summed E-state index contributed by atoms with van der Waals surface area (Å²) in [7, 11) is 1.45. The van der Waals surface area contributed by atoms with Crippen molar-refractivity contribution in [3.63, 3.8) is 0 Å². The molecule has 1 rings (SSSR count). The minimum atomic E-state index is -4.71. The lowest BCUT2D eigenvalue weighted by atomic mass is 9.85. The molecule has 0 spiro atoms. The van der Waals surface area contributed by atoms with Crippen LogP contribution in [-0.4, -0.2) is 53.1 Å². The SMILES string of the molecule is C=C(C/C(C(=C)C)=C(C(/C)=N\C)\C(=C/C(C)c1cc(C#N)ncc1C)C(F)(F)F)C[C@@H](C)N(CC(C)C)C(=O)OC(C)(C)C. The molecule has 0 bridgehead atoms. The second-order valence-electron chi connectivity index (χ2n) is 12.9. The molecule has 0 aliphatic heterocycles. The molecule has 0 aliphatic carbocycles. The van der Waals surface area contributed by atoms with Crippen LogP contribution in [0.2, 0.25) is 0 Å². The number of pyridine rings is 1. The topological polar surface area (TPSA) is 78.6 Å². The zero-order valence-electron chi connectivity index (χ0n) is 28.2. The van der Waals surface area contributed by atoms with E-state index in [9.17, 15) is 23.2 Å². The predicted molar refractivity (Wildman–Crippen MR) is 173 cm³/mol. The van der Waals surface area contributed by atoms with Crippen molar-refractivity contribution in [2.45, 2.75) is 106 Å². The van der Waals surface area contributed by atoms with E-state index in [1.807, 2.05) is 26.8 Å². The Hall–Kier alpha value is -3.67. The third-order valence-electron chi connectivity index (χ3n) is 6.99. The summed E-state index contributed by atoms with van der Waals surface area (Å²) in [5.74, 6) is -0.511. The number of hydrogen-bond donors (Lipinski definition) is 0. The van der Waals surface area contributed by atoms with Crippen LogP contribution in [-0.2, 0) is 4.74 Å². The van der Waals surface area contributed by atoms with Crippen LogP contribution < -0.4 is 0 Å².